The molecule has 0 spiro atoms. The fourth-order valence-corrected chi connectivity index (χ4v) is 4.52. The summed E-state index contributed by atoms with van der Waals surface area (Å²) >= 11 is 0. The Morgan fingerprint density at radius 3 is 2.24 bits per heavy atom. The molecule has 4 atom stereocenters. The number of ether oxygens (including phenoxy) is 1. The van der Waals surface area contributed by atoms with E-state index in [0.717, 1.165) is 31.2 Å². The highest BCUT2D eigenvalue weighted by atomic mass is 16.6. The van der Waals surface area contributed by atoms with Gasteiger partial charge >= 0.3 is 6.09 Å². The molecule has 1 saturated heterocycles. The third-order valence-corrected chi connectivity index (χ3v) is 6.50. The van der Waals surface area contributed by atoms with Crippen LogP contribution in [0.1, 0.15) is 64.5 Å². The average Bonchev–Trinajstić information content (AvgIpc) is 3.38. The van der Waals surface area contributed by atoms with Crippen molar-refractivity contribution in [3.63, 3.8) is 0 Å². The minimum Gasteiger partial charge on any atom is -0.446 e. The molecule has 1 aromatic carbocycles. The van der Waals surface area contributed by atoms with Gasteiger partial charge in [0, 0.05) is 0 Å². The molecule has 1 heterocycles. The van der Waals surface area contributed by atoms with Crippen LogP contribution in [0.15, 0.2) is 30.3 Å². The lowest BCUT2D eigenvalue weighted by Crippen LogP contribution is -2.49. The van der Waals surface area contributed by atoms with Crippen LogP contribution in [0.3, 0.4) is 0 Å². The van der Waals surface area contributed by atoms with Gasteiger partial charge in [0.05, 0.1) is 24.4 Å². The third-order valence-electron chi connectivity index (χ3n) is 6.50. The molecule has 2 fully saturated rings. The van der Waals surface area contributed by atoms with E-state index in [9.17, 15) is 24.0 Å². The fraction of sp³-hybridized carbons (Fsp3) is 0.560. The van der Waals surface area contributed by atoms with Gasteiger partial charge in [-0.1, -0.05) is 51.1 Å². The summed E-state index contributed by atoms with van der Waals surface area (Å²) in [5.41, 5.74) is 0.725. The maximum absolute atomic E-state index is 13.1. The van der Waals surface area contributed by atoms with E-state index in [2.05, 4.69) is 16.0 Å². The number of Topliss-reactive ketones (excluding diaryl/α,β-unsaturated/α-hetero) is 1. The largest absolute Gasteiger partial charge is 0.446 e. The number of imide groups is 1. The summed E-state index contributed by atoms with van der Waals surface area (Å²) < 4.78 is 5.49. The van der Waals surface area contributed by atoms with Crippen molar-refractivity contribution in [1.82, 2.24) is 16.0 Å². The molecule has 0 bridgehead atoms. The highest BCUT2D eigenvalue weighted by Gasteiger charge is 2.46. The molecule has 1 saturated carbocycles. The Bertz CT molecular complexity index is 926. The van der Waals surface area contributed by atoms with Crippen molar-refractivity contribution in [3.05, 3.63) is 35.9 Å². The molecule has 34 heavy (non-hydrogen) atoms. The monoisotopic (exact) mass is 471 g/mol. The molecule has 3 N–H and O–H groups in total. The summed E-state index contributed by atoms with van der Waals surface area (Å²) in [6.07, 6.45) is 2.89. The van der Waals surface area contributed by atoms with Crippen LogP contribution in [0.25, 0.3) is 0 Å². The van der Waals surface area contributed by atoms with E-state index in [0.29, 0.717) is 0 Å². The van der Waals surface area contributed by atoms with Crippen molar-refractivity contribution in [3.8, 4) is 0 Å². The van der Waals surface area contributed by atoms with Gasteiger partial charge < -0.3 is 15.4 Å². The molecule has 3 rings (SSSR count). The second kappa shape index (κ2) is 11.3. The predicted octanol–water partition coefficient (Wildman–Crippen LogP) is 2.41. The number of nitrogens with one attached hydrogen (secondary N) is 3. The molecule has 4 amide bonds. The summed E-state index contributed by atoms with van der Waals surface area (Å²) in [5.74, 6) is -4.31. The quantitative estimate of drug-likeness (QED) is 0.374. The van der Waals surface area contributed by atoms with Crippen LogP contribution in [0.4, 0.5) is 4.79 Å². The van der Waals surface area contributed by atoms with Crippen LogP contribution in [0.2, 0.25) is 0 Å². The van der Waals surface area contributed by atoms with E-state index < -0.39 is 53.5 Å². The Balaban J connectivity index is 1.69. The molecule has 184 valence electrons. The second-order valence-corrected chi connectivity index (χ2v) is 9.43. The maximum atomic E-state index is 13.1. The first-order chi connectivity index (χ1) is 16.2. The first-order valence-corrected chi connectivity index (χ1v) is 11.9. The highest BCUT2D eigenvalue weighted by Crippen LogP contribution is 2.25. The number of carbonyl (C=O) groups excluding carboxylic acids is 5. The molecule has 0 aromatic heterocycles. The van der Waals surface area contributed by atoms with Gasteiger partial charge in [0.15, 0.2) is 5.78 Å². The number of ketones is 1. The minimum atomic E-state index is -1.13. The zero-order valence-electron chi connectivity index (χ0n) is 19.8. The van der Waals surface area contributed by atoms with Gasteiger partial charge in [-0.2, -0.15) is 0 Å². The summed E-state index contributed by atoms with van der Waals surface area (Å²) in [4.78, 5) is 62.5. The van der Waals surface area contributed by atoms with E-state index in [1.165, 1.54) is 6.92 Å². The van der Waals surface area contributed by atoms with Gasteiger partial charge in [-0.15, -0.1) is 0 Å². The van der Waals surface area contributed by atoms with Gasteiger partial charge in [0.1, 0.15) is 12.0 Å². The number of amides is 4. The first kappa shape index (κ1) is 25.4. The average molecular weight is 472 g/mol. The van der Waals surface area contributed by atoms with E-state index in [4.69, 9.17) is 4.74 Å². The molecular weight excluding hydrogens is 438 g/mol. The number of hydrogen-bond acceptors (Lipinski definition) is 6. The Kier molecular flexibility index (Phi) is 8.41. The smallest absolute Gasteiger partial charge is 0.407 e. The molecule has 2 aliphatic rings. The summed E-state index contributed by atoms with van der Waals surface area (Å²) in [5, 5.41) is 7.68. The van der Waals surface area contributed by atoms with Gasteiger partial charge in [-0.05, 0) is 37.2 Å². The lowest BCUT2D eigenvalue weighted by Gasteiger charge is -2.26. The third kappa shape index (κ3) is 6.21. The zero-order chi connectivity index (χ0) is 24.8. The number of rotatable bonds is 9. The van der Waals surface area contributed by atoms with Crippen LogP contribution in [0.5, 0.6) is 0 Å². The van der Waals surface area contributed by atoms with Crippen molar-refractivity contribution in [2.45, 2.75) is 71.1 Å². The Morgan fingerprint density at radius 2 is 1.68 bits per heavy atom. The standard InChI is InChI=1S/C25H33N3O6/c1-14(2)21(22(30)20-15(3)23(31)28-24(20)32)27-19(29)13-18(16-9-5-4-6-10-16)26-25(33)34-17-11-7-8-12-17/h4-6,9-10,14-15,17-18,20-21H,7-8,11-13H2,1-3H3,(H,26,33)(H,27,29)(H,28,31,32)/t15-,18?,20+,21-/m0/s1. The Morgan fingerprint density at radius 1 is 1.03 bits per heavy atom. The van der Waals surface area contributed by atoms with Gasteiger partial charge in [-0.3, -0.25) is 24.5 Å². The summed E-state index contributed by atoms with van der Waals surface area (Å²) in [6.45, 7) is 5.04. The lowest BCUT2D eigenvalue weighted by molar-refractivity contribution is -0.137. The fourth-order valence-electron chi connectivity index (χ4n) is 4.52. The van der Waals surface area contributed by atoms with E-state index in [1.807, 2.05) is 18.2 Å². The van der Waals surface area contributed by atoms with Crippen LogP contribution in [-0.2, 0) is 23.9 Å². The molecule has 1 aliphatic heterocycles. The van der Waals surface area contributed by atoms with Crippen LogP contribution >= 0.6 is 0 Å². The summed E-state index contributed by atoms with van der Waals surface area (Å²) in [7, 11) is 0. The van der Waals surface area contributed by atoms with E-state index in [1.54, 1.807) is 26.0 Å². The van der Waals surface area contributed by atoms with Crippen molar-refractivity contribution in [2.24, 2.45) is 17.8 Å². The topological polar surface area (TPSA) is 131 Å². The number of hydrogen-bond donors (Lipinski definition) is 3. The minimum absolute atomic E-state index is 0.115. The first-order valence-electron chi connectivity index (χ1n) is 11.9. The van der Waals surface area contributed by atoms with Gasteiger partial charge in [0.25, 0.3) is 0 Å². The van der Waals surface area contributed by atoms with Gasteiger partial charge in [0.2, 0.25) is 17.7 Å². The number of alkyl carbamates (subject to hydrolysis) is 1. The normalized spacial score (nSPS) is 22.2. The molecule has 1 aromatic rings. The molecule has 1 unspecified atom stereocenters. The van der Waals surface area contributed by atoms with Crippen molar-refractivity contribution >= 4 is 29.6 Å². The number of benzene rings is 1. The SMILES string of the molecule is CC(C)[C@H](NC(=O)CC(NC(=O)OC1CCCC1)c1ccccc1)C(=O)[C@@H]1C(=O)NC(=O)[C@H]1C. The molecule has 9 nitrogen and oxygen atoms in total. The van der Waals surface area contributed by atoms with Crippen molar-refractivity contribution in [1.29, 1.82) is 0 Å². The van der Waals surface area contributed by atoms with Crippen LogP contribution in [-0.4, -0.2) is 41.7 Å². The van der Waals surface area contributed by atoms with Crippen molar-refractivity contribution in [2.75, 3.05) is 0 Å². The van der Waals surface area contributed by atoms with Crippen LogP contribution < -0.4 is 16.0 Å². The van der Waals surface area contributed by atoms with Gasteiger partial charge in [-0.25, -0.2) is 4.79 Å². The Hall–Kier alpha value is -3.23. The zero-order valence-corrected chi connectivity index (χ0v) is 19.8. The molecule has 1 aliphatic carbocycles. The molecular formula is C25H33N3O6. The maximum Gasteiger partial charge on any atom is 0.407 e. The van der Waals surface area contributed by atoms with Crippen molar-refractivity contribution < 1.29 is 28.7 Å². The Labute approximate surface area is 199 Å². The van der Waals surface area contributed by atoms with Crippen LogP contribution in [0, 0.1) is 17.8 Å². The molecule has 0 radical (unpaired) electrons. The van der Waals surface area contributed by atoms with E-state index >= 15 is 0 Å². The predicted molar refractivity (Wildman–Crippen MR) is 123 cm³/mol. The number of carbonyl (C=O) groups is 5. The lowest BCUT2D eigenvalue weighted by atomic mass is 9.85. The molecule has 9 heteroatoms. The summed E-state index contributed by atoms with van der Waals surface area (Å²) in [6, 6.07) is 7.44. The van der Waals surface area contributed by atoms with E-state index in [-0.39, 0.29) is 18.4 Å². The second-order valence-electron chi connectivity index (χ2n) is 9.43. The highest BCUT2D eigenvalue weighted by molar-refractivity contribution is 6.16.